The Kier molecular flexibility index (Phi) is 5.36. The minimum Gasteiger partial charge on any atom is -0.351 e. The Morgan fingerprint density at radius 2 is 2.10 bits per heavy atom. The molecule has 110 valence electrons. The zero-order valence-corrected chi connectivity index (χ0v) is 13.1. The summed E-state index contributed by atoms with van der Waals surface area (Å²) in [6, 6.07) is 7.17. The van der Waals surface area contributed by atoms with Crippen molar-refractivity contribution in [2.45, 2.75) is 13.3 Å². The fourth-order valence-corrected chi connectivity index (χ4v) is 2.64. The number of benzene rings is 1. The molecule has 0 fully saturated rings. The standard InChI is InChI=1S/C15H15ClN2O2S/c1-10-2-3-13(12(16)8-10)18-14(19)4-6-17-15(20)11-5-7-21-9-11/h2-3,5,7-9H,4,6H2,1H3,(H,17,20)(H,18,19). The van der Waals surface area contributed by atoms with E-state index in [4.69, 9.17) is 11.6 Å². The highest BCUT2D eigenvalue weighted by Gasteiger charge is 2.08. The maximum Gasteiger partial charge on any atom is 0.252 e. The molecule has 0 radical (unpaired) electrons. The lowest BCUT2D eigenvalue weighted by Crippen LogP contribution is -2.27. The van der Waals surface area contributed by atoms with Gasteiger partial charge in [0.1, 0.15) is 0 Å². The molecule has 0 aliphatic carbocycles. The number of hydrogen-bond donors (Lipinski definition) is 2. The van der Waals surface area contributed by atoms with Crippen LogP contribution in [0.15, 0.2) is 35.0 Å². The van der Waals surface area contributed by atoms with Crippen molar-refractivity contribution in [3.8, 4) is 0 Å². The number of amides is 2. The van der Waals surface area contributed by atoms with Gasteiger partial charge in [-0.15, -0.1) is 0 Å². The lowest BCUT2D eigenvalue weighted by molar-refractivity contribution is -0.116. The summed E-state index contributed by atoms with van der Waals surface area (Å²) < 4.78 is 0. The monoisotopic (exact) mass is 322 g/mol. The second-order valence-electron chi connectivity index (χ2n) is 4.55. The summed E-state index contributed by atoms with van der Waals surface area (Å²) in [5.74, 6) is -0.358. The van der Waals surface area contributed by atoms with E-state index in [-0.39, 0.29) is 24.8 Å². The molecule has 0 unspecified atom stereocenters. The molecule has 4 nitrogen and oxygen atoms in total. The number of halogens is 1. The van der Waals surface area contributed by atoms with E-state index < -0.39 is 0 Å². The lowest BCUT2D eigenvalue weighted by Gasteiger charge is -2.08. The third-order valence-electron chi connectivity index (χ3n) is 2.82. The second kappa shape index (κ2) is 7.24. The van der Waals surface area contributed by atoms with Gasteiger partial charge in [-0.05, 0) is 36.1 Å². The first-order chi connectivity index (χ1) is 10.1. The Bertz CT molecular complexity index is 641. The molecule has 0 atom stereocenters. The highest BCUT2D eigenvalue weighted by atomic mass is 35.5. The van der Waals surface area contributed by atoms with Crippen LogP contribution in [0.5, 0.6) is 0 Å². The minimum atomic E-state index is -0.189. The van der Waals surface area contributed by atoms with Crippen molar-refractivity contribution < 1.29 is 9.59 Å². The summed E-state index contributed by atoms with van der Waals surface area (Å²) in [5.41, 5.74) is 2.22. The first-order valence-corrected chi connectivity index (χ1v) is 7.75. The number of thiophene rings is 1. The van der Waals surface area contributed by atoms with Crippen LogP contribution in [0.2, 0.25) is 5.02 Å². The Balaban J connectivity index is 1.78. The molecule has 0 bridgehead atoms. The molecule has 2 amide bonds. The average Bonchev–Trinajstić information content (AvgIpc) is 2.96. The van der Waals surface area contributed by atoms with Gasteiger partial charge in [-0.3, -0.25) is 9.59 Å². The van der Waals surface area contributed by atoms with Gasteiger partial charge in [-0.1, -0.05) is 17.7 Å². The van der Waals surface area contributed by atoms with Crippen LogP contribution in [-0.4, -0.2) is 18.4 Å². The van der Waals surface area contributed by atoms with Crippen LogP contribution in [0.25, 0.3) is 0 Å². The summed E-state index contributed by atoms with van der Waals surface area (Å²) in [5, 5.41) is 9.53. The van der Waals surface area contributed by atoms with Gasteiger partial charge >= 0.3 is 0 Å². The van der Waals surface area contributed by atoms with Crippen LogP contribution >= 0.6 is 22.9 Å². The molecule has 2 N–H and O–H groups in total. The molecule has 1 aromatic heterocycles. The quantitative estimate of drug-likeness (QED) is 0.885. The van der Waals surface area contributed by atoms with Crippen molar-refractivity contribution in [3.63, 3.8) is 0 Å². The van der Waals surface area contributed by atoms with Crippen LogP contribution in [0.4, 0.5) is 5.69 Å². The number of aryl methyl sites for hydroxylation is 1. The number of hydrogen-bond acceptors (Lipinski definition) is 3. The van der Waals surface area contributed by atoms with Gasteiger partial charge in [0, 0.05) is 23.9 Å². The van der Waals surface area contributed by atoms with Crippen molar-refractivity contribution >= 4 is 40.4 Å². The Morgan fingerprint density at radius 1 is 1.29 bits per heavy atom. The van der Waals surface area contributed by atoms with Crippen molar-refractivity contribution in [1.82, 2.24) is 5.32 Å². The first kappa shape index (κ1) is 15.5. The molecule has 2 aromatic rings. The van der Waals surface area contributed by atoms with Gasteiger partial charge in [-0.2, -0.15) is 11.3 Å². The molecule has 2 rings (SSSR count). The fourth-order valence-electron chi connectivity index (χ4n) is 1.72. The van der Waals surface area contributed by atoms with Crippen LogP contribution in [0, 0.1) is 6.92 Å². The highest BCUT2D eigenvalue weighted by Crippen LogP contribution is 2.22. The molecule has 1 heterocycles. The largest absolute Gasteiger partial charge is 0.351 e. The summed E-state index contributed by atoms with van der Waals surface area (Å²) in [6.45, 7) is 2.21. The van der Waals surface area contributed by atoms with Gasteiger partial charge in [0.2, 0.25) is 5.91 Å². The molecule has 0 aliphatic rings. The zero-order valence-electron chi connectivity index (χ0n) is 11.5. The first-order valence-electron chi connectivity index (χ1n) is 6.42. The van der Waals surface area contributed by atoms with Gasteiger partial charge in [0.05, 0.1) is 10.7 Å². The maximum atomic E-state index is 11.8. The van der Waals surface area contributed by atoms with E-state index in [0.717, 1.165) is 5.56 Å². The number of anilines is 1. The van der Waals surface area contributed by atoms with Crippen molar-refractivity contribution in [3.05, 3.63) is 51.2 Å². The maximum absolute atomic E-state index is 11.8. The molecular formula is C15H15ClN2O2S. The second-order valence-corrected chi connectivity index (χ2v) is 5.74. The SMILES string of the molecule is Cc1ccc(NC(=O)CCNC(=O)c2ccsc2)c(Cl)c1. The third kappa shape index (κ3) is 4.58. The van der Waals surface area contributed by atoms with Gasteiger partial charge in [0.25, 0.3) is 5.91 Å². The predicted molar refractivity (Wildman–Crippen MR) is 86.1 cm³/mol. The third-order valence-corrected chi connectivity index (χ3v) is 3.82. The number of carbonyl (C=O) groups excluding carboxylic acids is 2. The summed E-state index contributed by atoms with van der Waals surface area (Å²) in [7, 11) is 0. The van der Waals surface area contributed by atoms with Crippen LogP contribution < -0.4 is 10.6 Å². The molecular weight excluding hydrogens is 308 g/mol. The van der Waals surface area contributed by atoms with Gasteiger partial charge in [-0.25, -0.2) is 0 Å². The average molecular weight is 323 g/mol. The molecule has 0 spiro atoms. The molecule has 1 aromatic carbocycles. The van der Waals surface area contributed by atoms with Crippen LogP contribution in [0.1, 0.15) is 22.3 Å². The van der Waals surface area contributed by atoms with E-state index in [0.29, 0.717) is 16.3 Å². The smallest absolute Gasteiger partial charge is 0.252 e. The fraction of sp³-hybridized carbons (Fsp3) is 0.200. The van der Waals surface area contributed by atoms with Crippen molar-refractivity contribution in [2.75, 3.05) is 11.9 Å². The van der Waals surface area contributed by atoms with Crippen LogP contribution in [-0.2, 0) is 4.79 Å². The van der Waals surface area contributed by atoms with Gasteiger partial charge in [0.15, 0.2) is 0 Å². The normalized spacial score (nSPS) is 10.2. The van der Waals surface area contributed by atoms with E-state index in [1.54, 1.807) is 23.6 Å². The zero-order chi connectivity index (χ0) is 15.2. The topological polar surface area (TPSA) is 58.2 Å². The van der Waals surface area contributed by atoms with E-state index in [9.17, 15) is 9.59 Å². The van der Waals surface area contributed by atoms with Crippen molar-refractivity contribution in [1.29, 1.82) is 0 Å². The number of rotatable bonds is 5. The Hall–Kier alpha value is -1.85. The van der Waals surface area contributed by atoms with E-state index in [1.165, 1.54) is 11.3 Å². The Labute approximate surface area is 132 Å². The van der Waals surface area contributed by atoms with Crippen molar-refractivity contribution in [2.24, 2.45) is 0 Å². The minimum absolute atomic E-state index is 0.169. The molecule has 0 saturated heterocycles. The molecule has 0 saturated carbocycles. The van der Waals surface area contributed by atoms with E-state index in [2.05, 4.69) is 10.6 Å². The molecule has 21 heavy (non-hydrogen) atoms. The molecule has 6 heteroatoms. The Morgan fingerprint density at radius 3 is 2.76 bits per heavy atom. The summed E-state index contributed by atoms with van der Waals surface area (Å²) >= 11 is 7.50. The molecule has 0 aliphatic heterocycles. The summed E-state index contributed by atoms with van der Waals surface area (Å²) in [4.78, 5) is 23.5. The number of nitrogens with one attached hydrogen (secondary N) is 2. The summed E-state index contributed by atoms with van der Waals surface area (Å²) in [6.07, 6.45) is 0.195. The van der Waals surface area contributed by atoms with E-state index in [1.807, 2.05) is 18.4 Å². The van der Waals surface area contributed by atoms with E-state index >= 15 is 0 Å². The highest BCUT2D eigenvalue weighted by molar-refractivity contribution is 7.08. The van der Waals surface area contributed by atoms with Gasteiger partial charge < -0.3 is 10.6 Å². The predicted octanol–water partition coefficient (Wildman–Crippen LogP) is 3.47. The van der Waals surface area contributed by atoms with Crippen LogP contribution in [0.3, 0.4) is 0 Å². The number of carbonyl (C=O) groups is 2. The lowest BCUT2D eigenvalue weighted by atomic mass is 10.2.